The summed E-state index contributed by atoms with van der Waals surface area (Å²) in [6.45, 7) is 0. The zero-order chi connectivity index (χ0) is 14.0. The lowest BCUT2D eigenvalue weighted by Gasteiger charge is -2.20. The molecule has 0 amide bonds. The molecule has 0 saturated carbocycles. The van der Waals surface area contributed by atoms with E-state index in [4.69, 9.17) is 5.73 Å². The Balaban J connectivity index is 2.45. The van der Waals surface area contributed by atoms with Crippen LogP contribution in [0.25, 0.3) is 0 Å². The van der Waals surface area contributed by atoms with Crippen molar-refractivity contribution >= 4 is 37.3 Å². The van der Waals surface area contributed by atoms with Crippen molar-refractivity contribution in [3.05, 3.63) is 47.2 Å². The molecule has 1 heterocycles. The fourth-order valence-electron chi connectivity index (χ4n) is 1.58. The monoisotopic (exact) mass is 341 g/mol. The van der Waals surface area contributed by atoms with Gasteiger partial charge in [-0.2, -0.15) is 0 Å². The van der Waals surface area contributed by atoms with Gasteiger partial charge in [0.2, 0.25) is 0 Å². The van der Waals surface area contributed by atoms with Crippen molar-refractivity contribution in [2.45, 2.75) is 4.90 Å². The van der Waals surface area contributed by atoms with E-state index in [9.17, 15) is 8.42 Å². The number of nitrogens with zero attached hydrogens (tertiary/aromatic N) is 2. The lowest BCUT2D eigenvalue weighted by Crippen LogP contribution is -2.27. The molecule has 2 N–H and O–H groups in total. The molecule has 0 aliphatic rings. The van der Waals surface area contributed by atoms with E-state index >= 15 is 0 Å². The Bertz CT molecular complexity index is 686. The number of sulfonamides is 1. The van der Waals surface area contributed by atoms with Crippen LogP contribution in [0.3, 0.4) is 0 Å². The highest BCUT2D eigenvalue weighted by atomic mass is 79.9. The predicted octanol–water partition coefficient (Wildman–Crippen LogP) is 2.25. The number of hydrogen-bond acceptors (Lipinski definition) is 4. The zero-order valence-electron chi connectivity index (χ0n) is 10.1. The standard InChI is InChI=1S/C12H12BrN3O2S/c1-16(12-6-7-15-8-11(12)14)19(17,18)10-4-2-9(13)3-5-10/h2-8H,14H2,1H3. The van der Waals surface area contributed by atoms with Crippen LogP contribution < -0.4 is 10.0 Å². The maximum Gasteiger partial charge on any atom is 0.264 e. The second kappa shape index (κ2) is 5.18. The average Bonchev–Trinajstić information content (AvgIpc) is 2.39. The lowest BCUT2D eigenvalue weighted by atomic mass is 10.3. The number of rotatable bonds is 3. The van der Waals surface area contributed by atoms with Gasteiger partial charge in [-0.15, -0.1) is 0 Å². The van der Waals surface area contributed by atoms with Crippen molar-refractivity contribution in [3.63, 3.8) is 0 Å². The van der Waals surface area contributed by atoms with Gasteiger partial charge in [0.25, 0.3) is 10.0 Å². The van der Waals surface area contributed by atoms with E-state index in [1.165, 1.54) is 31.6 Å². The van der Waals surface area contributed by atoms with Crippen LogP contribution in [0, 0.1) is 0 Å². The highest BCUT2D eigenvalue weighted by molar-refractivity contribution is 9.10. The van der Waals surface area contributed by atoms with Gasteiger partial charge < -0.3 is 5.73 Å². The number of hydrogen-bond donors (Lipinski definition) is 1. The van der Waals surface area contributed by atoms with Gasteiger partial charge in [-0.25, -0.2) is 8.42 Å². The fourth-order valence-corrected chi connectivity index (χ4v) is 3.07. The first kappa shape index (κ1) is 13.8. The fraction of sp³-hybridized carbons (Fsp3) is 0.0833. The molecule has 0 radical (unpaired) electrons. The third-order valence-electron chi connectivity index (χ3n) is 2.64. The molecule has 1 aromatic heterocycles. The third-order valence-corrected chi connectivity index (χ3v) is 4.95. The van der Waals surface area contributed by atoms with Crippen LogP contribution in [0.1, 0.15) is 0 Å². The first-order valence-electron chi connectivity index (χ1n) is 5.37. The predicted molar refractivity (Wildman–Crippen MR) is 78.4 cm³/mol. The summed E-state index contributed by atoms with van der Waals surface area (Å²) < 4.78 is 26.8. The molecule has 19 heavy (non-hydrogen) atoms. The Labute approximate surface area is 120 Å². The molecule has 5 nitrogen and oxygen atoms in total. The molecule has 1 aromatic carbocycles. The van der Waals surface area contributed by atoms with Gasteiger partial charge >= 0.3 is 0 Å². The summed E-state index contributed by atoms with van der Waals surface area (Å²) in [4.78, 5) is 4.04. The maximum atomic E-state index is 12.4. The molecular weight excluding hydrogens is 330 g/mol. The summed E-state index contributed by atoms with van der Waals surface area (Å²) >= 11 is 3.27. The molecule has 2 rings (SSSR count). The highest BCUT2D eigenvalue weighted by Gasteiger charge is 2.22. The van der Waals surface area contributed by atoms with E-state index in [1.807, 2.05) is 0 Å². The van der Waals surface area contributed by atoms with Crippen molar-refractivity contribution in [1.82, 2.24) is 4.98 Å². The maximum absolute atomic E-state index is 12.4. The van der Waals surface area contributed by atoms with Crippen molar-refractivity contribution in [2.24, 2.45) is 0 Å². The van der Waals surface area contributed by atoms with E-state index in [-0.39, 0.29) is 4.90 Å². The van der Waals surface area contributed by atoms with E-state index in [1.54, 1.807) is 18.2 Å². The third kappa shape index (κ3) is 2.71. The highest BCUT2D eigenvalue weighted by Crippen LogP contribution is 2.26. The van der Waals surface area contributed by atoms with Crippen molar-refractivity contribution in [1.29, 1.82) is 0 Å². The van der Waals surface area contributed by atoms with Crippen molar-refractivity contribution < 1.29 is 8.42 Å². The second-order valence-electron chi connectivity index (χ2n) is 3.86. The van der Waals surface area contributed by atoms with Crippen LogP contribution in [0.4, 0.5) is 11.4 Å². The Kier molecular flexibility index (Phi) is 3.77. The first-order valence-corrected chi connectivity index (χ1v) is 7.60. The Morgan fingerprint density at radius 3 is 2.42 bits per heavy atom. The molecule has 0 aliphatic heterocycles. The summed E-state index contributed by atoms with van der Waals surface area (Å²) in [7, 11) is -2.17. The number of anilines is 2. The smallest absolute Gasteiger partial charge is 0.264 e. The topological polar surface area (TPSA) is 76.3 Å². The van der Waals surface area contributed by atoms with Gasteiger partial charge in [-0.05, 0) is 30.3 Å². The molecule has 0 spiro atoms. The molecule has 0 fully saturated rings. The number of halogens is 1. The number of aromatic nitrogens is 1. The number of nitrogen functional groups attached to an aromatic ring is 1. The molecular formula is C12H12BrN3O2S. The van der Waals surface area contributed by atoms with Crippen LogP contribution >= 0.6 is 15.9 Å². The van der Waals surface area contributed by atoms with Crippen LogP contribution in [-0.2, 0) is 10.0 Å². The zero-order valence-corrected chi connectivity index (χ0v) is 12.5. The van der Waals surface area contributed by atoms with Crippen molar-refractivity contribution in [2.75, 3.05) is 17.1 Å². The van der Waals surface area contributed by atoms with E-state index < -0.39 is 10.0 Å². The van der Waals surface area contributed by atoms with Crippen LogP contribution in [-0.4, -0.2) is 20.4 Å². The molecule has 2 aromatic rings. The average molecular weight is 342 g/mol. The van der Waals surface area contributed by atoms with Crippen LogP contribution in [0.5, 0.6) is 0 Å². The quantitative estimate of drug-likeness (QED) is 0.928. The molecule has 0 unspecified atom stereocenters. The Hall–Kier alpha value is -1.60. The summed E-state index contributed by atoms with van der Waals surface area (Å²) in [6, 6.07) is 7.99. The molecule has 0 bridgehead atoms. The van der Waals surface area contributed by atoms with Gasteiger partial charge in [0.05, 0.1) is 22.5 Å². The van der Waals surface area contributed by atoms with Gasteiger partial charge in [-0.3, -0.25) is 9.29 Å². The SMILES string of the molecule is CN(c1ccncc1N)S(=O)(=O)c1ccc(Br)cc1. The summed E-state index contributed by atoms with van der Waals surface area (Å²) in [5.74, 6) is 0. The molecule has 0 atom stereocenters. The van der Waals surface area contributed by atoms with Gasteiger partial charge in [0.15, 0.2) is 0 Å². The Morgan fingerprint density at radius 2 is 1.84 bits per heavy atom. The van der Waals surface area contributed by atoms with Gasteiger partial charge in [0, 0.05) is 17.7 Å². The minimum absolute atomic E-state index is 0.203. The minimum atomic E-state index is -3.63. The normalized spacial score (nSPS) is 11.3. The van der Waals surface area contributed by atoms with Crippen molar-refractivity contribution in [3.8, 4) is 0 Å². The lowest BCUT2D eigenvalue weighted by molar-refractivity contribution is 0.594. The van der Waals surface area contributed by atoms with Crippen LogP contribution in [0.15, 0.2) is 52.1 Å². The van der Waals surface area contributed by atoms with E-state index in [2.05, 4.69) is 20.9 Å². The van der Waals surface area contributed by atoms with E-state index in [0.717, 1.165) is 8.78 Å². The number of pyridine rings is 1. The van der Waals surface area contributed by atoms with Crippen LogP contribution in [0.2, 0.25) is 0 Å². The number of benzene rings is 1. The first-order chi connectivity index (χ1) is 8.93. The number of nitrogens with two attached hydrogens (primary N) is 1. The molecule has 100 valence electrons. The summed E-state index contributed by atoms with van der Waals surface area (Å²) in [5.41, 5.74) is 6.46. The summed E-state index contributed by atoms with van der Waals surface area (Å²) in [6.07, 6.45) is 2.92. The minimum Gasteiger partial charge on any atom is -0.396 e. The molecule has 7 heteroatoms. The molecule has 0 aliphatic carbocycles. The molecule has 0 saturated heterocycles. The second-order valence-corrected chi connectivity index (χ2v) is 6.75. The Morgan fingerprint density at radius 1 is 1.21 bits per heavy atom. The van der Waals surface area contributed by atoms with E-state index in [0.29, 0.717) is 11.4 Å². The van der Waals surface area contributed by atoms with Gasteiger partial charge in [0.1, 0.15) is 0 Å². The summed E-state index contributed by atoms with van der Waals surface area (Å²) in [5, 5.41) is 0. The van der Waals surface area contributed by atoms with Gasteiger partial charge in [-0.1, -0.05) is 15.9 Å². The largest absolute Gasteiger partial charge is 0.396 e.